The summed E-state index contributed by atoms with van der Waals surface area (Å²) in [4.78, 5) is 2.44. The van der Waals surface area contributed by atoms with Crippen molar-refractivity contribution in [2.24, 2.45) is 5.73 Å². The van der Waals surface area contributed by atoms with E-state index in [1.165, 1.54) is 24.3 Å². The Balaban J connectivity index is 2.12. The van der Waals surface area contributed by atoms with E-state index in [0.29, 0.717) is 11.8 Å². The average molecular weight is 292 g/mol. The molecule has 1 heterocycles. The van der Waals surface area contributed by atoms with Crippen molar-refractivity contribution in [3.8, 4) is 11.8 Å². The highest BCUT2D eigenvalue weighted by Crippen LogP contribution is 2.23. The minimum Gasteiger partial charge on any atom is -0.320 e. The Kier molecular flexibility index (Phi) is 5.90. The lowest BCUT2D eigenvalue weighted by Crippen LogP contribution is -2.37. The van der Waals surface area contributed by atoms with Gasteiger partial charge in [0.15, 0.2) is 0 Å². The van der Waals surface area contributed by atoms with E-state index in [4.69, 9.17) is 5.73 Å². The summed E-state index contributed by atoms with van der Waals surface area (Å²) in [6.45, 7) is 5.56. The molecule has 1 aromatic rings. The second-order valence-corrected chi connectivity index (χ2v) is 6.35. The molecule has 1 unspecified atom stereocenters. The molecule has 0 spiro atoms. The van der Waals surface area contributed by atoms with Crippen molar-refractivity contribution < 1.29 is 4.39 Å². The summed E-state index contributed by atoms with van der Waals surface area (Å²) >= 11 is 2.05. The lowest BCUT2D eigenvalue weighted by Gasteiger charge is -2.32. The van der Waals surface area contributed by atoms with E-state index >= 15 is 0 Å². The van der Waals surface area contributed by atoms with Gasteiger partial charge in [-0.1, -0.05) is 24.8 Å². The zero-order chi connectivity index (χ0) is 14.4. The zero-order valence-corrected chi connectivity index (χ0v) is 12.7. The first-order valence-corrected chi connectivity index (χ1v) is 8.09. The van der Waals surface area contributed by atoms with Crippen LogP contribution in [0.2, 0.25) is 0 Å². The van der Waals surface area contributed by atoms with Gasteiger partial charge < -0.3 is 5.73 Å². The molecule has 0 amide bonds. The molecule has 0 aromatic heterocycles. The molecule has 2 rings (SSSR count). The van der Waals surface area contributed by atoms with Crippen LogP contribution in [0.4, 0.5) is 4.39 Å². The van der Waals surface area contributed by atoms with Crippen molar-refractivity contribution in [2.75, 3.05) is 25.4 Å². The summed E-state index contributed by atoms with van der Waals surface area (Å²) in [6, 6.07) is 4.87. The fourth-order valence-electron chi connectivity index (χ4n) is 2.36. The number of nitrogens with two attached hydrogens (primary N) is 1. The molecule has 0 saturated carbocycles. The van der Waals surface area contributed by atoms with Crippen LogP contribution in [0.15, 0.2) is 18.2 Å². The van der Waals surface area contributed by atoms with Gasteiger partial charge >= 0.3 is 0 Å². The molecule has 1 atom stereocenters. The number of benzene rings is 1. The van der Waals surface area contributed by atoms with Crippen molar-refractivity contribution in [3.05, 3.63) is 35.1 Å². The molecule has 0 aliphatic carbocycles. The summed E-state index contributed by atoms with van der Waals surface area (Å²) in [5.74, 6) is 6.73. The second kappa shape index (κ2) is 7.68. The minimum atomic E-state index is -0.240. The zero-order valence-electron chi connectivity index (χ0n) is 11.9. The predicted octanol–water partition coefficient (Wildman–Crippen LogP) is 2.46. The van der Waals surface area contributed by atoms with Gasteiger partial charge in [0.1, 0.15) is 5.82 Å². The van der Waals surface area contributed by atoms with Gasteiger partial charge in [0, 0.05) is 36.2 Å². The first-order valence-electron chi connectivity index (χ1n) is 7.04. The maximum Gasteiger partial charge on any atom is 0.124 e. The molecule has 4 heteroatoms. The summed E-state index contributed by atoms with van der Waals surface area (Å²) in [6.07, 6.45) is 1.20. The maximum absolute atomic E-state index is 13.4. The SMILES string of the molecule is CCC1CN(Cc2ccc(F)cc2C#CCN)CCS1. The molecule has 1 saturated heterocycles. The van der Waals surface area contributed by atoms with Crippen molar-refractivity contribution in [1.29, 1.82) is 0 Å². The van der Waals surface area contributed by atoms with Crippen LogP contribution in [-0.4, -0.2) is 35.5 Å². The topological polar surface area (TPSA) is 29.3 Å². The third-order valence-electron chi connectivity index (χ3n) is 3.47. The highest BCUT2D eigenvalue weighted by atomic mass is 32.2. The fraction of sp³-hybridized carbons (Fsp3) is 0.500. The third kappa shape index (κ3) is 4.24. The Bertz CT molecular complexity index is 507. The third-order valence-corrected chi connectivity index (χ3v) is 4.84. The molecule has 1 aromatic carbocycles. The summed E-state index contributed by atoms with van der Waals surface area (Å²) < 4.78 is 13.4. The minimum absolute atomic E-state index is 0.240. The maximum atomic E-state index is 13.4. The van der Waals surface area contributed by atoms with Crippen molar-refractivity contribution in [3.63, 3.8) is 0 Å². The summed E-state index contributed by atoms with van der Waals surface area (Å²) in [5, 5.41) is 0.711. The molecule has 2 N–H and O–H groups in total. The van der Waals surface area contributed by atoms with Crippen LogP contribution in [0.1, 0.15) is 24.5 Å². The monoisotopic (exact) mass is 292 g/mol. The quantitative estimate of drug-likeness (QED) is 0.868. The smallest absolute Gasteiger partial charge is 0.124 e. The molecular formula is C16H21FN2S. The fourth-order valence-corrected chi connectivity index (χ4v) is 3.61. The van der Waals surface area contributed by atoms with E-state index < -0.39 is 0 Å². The van der Waals surface area contributed by atoms with Crippen LogP contribution in [0.3, 0.4) is 0 Å². The molecule has 0 bridgehead atoms. The van der Waals surface area contributed by atoms with Crippen LogP contribution >= 0.6 is 11.8 Å². The Hall–Kier alpha value is -1.02. The highest BCUT2D eigenvalue weighted by molar-refractivity contribution is 8.00. The van der Waals surface area contributed by atoms with Gasteiger partial charge in [-0.25, -0.2) is 4.39 Å². The van der Waals surface area contributed by atoms with Crippen molar-refractivity contribution in [1.82, 2.24) is 4.90 Å². The lowest BCUT2D eigenvalue weighted by molar-refractivity contribution is 0.273. The molecule has 1 aliphatic rings. The Morgan fingerprint density at radius 3 is 3.10 bits per heavy atom. The number of halogens is 1. The molecule has 2 nitrogen and oxygen atoms in total. The van der Waals surface area contributed by atoms with E-state index in [0.717, 1.165) is 30.8 Å². The number of thioether (sulfide) groups is 1. The number of nitrogens with zero attached hydrogens (tertiary/aromatic N) is 1. The van der Waals surface area contributed by atoms with Gasteiger partial charge in [0.05, 0.1) is 6.54 Å². The van der Waals surface area contributed by atoms with E-state index in [9.17, 15) is 4.39 Å². The van der Waals surface area contributed by atoms with Gasteiger partial charge in [-0.2, -0.15) is 11.8 Å². The van der Waals surface area contributed by atoms with E-state index in [1.807, 2.05) is 6.07 Å². The van der Waals surface area contributed by atoms with E-state index in [-0.39, 0.29) is 5.82 Å². The number of hydrogen-bond acceptors (Lipinski definition) is 3. The van der Waals surface area contributed by atoms with Crippen molar-refractivity contribution >= 4 is 11.8 Å². The predicted molar refractivity (Wildman–Crippen MR) is 84.1 cm³/mol. The lowest BCUT2D eigenvalue weighted by atomic mass is 10.1. The number of rotatable bonds is 3. The van der Waals surface area contributed by atoms with Crippen LogP contribution in [0.25, 0.3) is 0 Å². The molecule has 0 radical (unpaired) electrons. The van der Waals surface area contributed by atoms with Gasteiger partial charge in [-0.3, -0.25) is 4.90 Å². The van der Waals surface area contributed by atoms with Crippen LogP contribution < -0.4 is 5.73 Å². The van der Waals surface area contributed by atoms with E-state index in [1.54, 1.807) is 0 Å². The van der Waals surface area contributed by atoms with Crippen LogP contribution in [0, 0.1) is 17.7 Å². The summed E-state index contributed by atoms with van der Waals surface area (Å²) in [7, 11) is 0. The Morgan fingerprint density at radius 2 is 2.35 bits per heavy atom. The average Bonchev–Trinajstić information content (AvgIpc) is 2.47. The van der Waals surface area contributed by atoms with Crippen LogP contribution in [-0.2, 0) is 6.54 Å². The molecular weight excluding hydrogens is 271 g/mol. The van der Waals surface area contributed by atoms with Gasteiger partial charge in [-0.15, -0.1) is 0 Å². The molecule has 1 aliphatic heterocycles. The Labute approximate surface area is 124 Å². The standard InChI is InChI=1S/C16H21FN2S/c1-2-16-12-19(8-9-20-16)11-14-5-6-15(17)10-13(14)4-3-7-18/h5-6,10,16H,2,7-9,11-12,18H2,1H3. The number of hydrogen-bond donors (Lipinski definition) is 1. The highest BCUT2D eigenvalue weighted by Gasteiger charge is 2.19. The largest absolute Gasteiger partial charge is 0.320 e. The van der Waals surface area contributed by atoms with Gasteiger partial charge in [0.2, 0.25) is 0 Å². The molecule has 1 fully saturated rings. The summed E-state index contributed by atoms with van der Waals surface area (Å²) in [5.41, 5.74) is 7.26. The van der Waals surface area contributed by atoms with Crippen LogP contribution in [0.5, 0.6) is 0 Å². The van der Waals surface area contributed by atoms with Gasteiger partial charge in [0.25, 0.3) is 0 Å². The molecule has 20 heavy (non-hydrogen) atoms. The van der Waals surface area contributed by atoms with Gasteiger partial charge in [-0.05, 0) is 24.1 Å². The van der Waals surface area contributed by atoms with E-state index in [2.05, 4.69) is 35.4 Å². The first kappa shape index (κ1) is 15.4. The normalized spacial score (nSPS) is 19.4. The molecule has 108 valence electrons. The van der Waals surface area contributed by atoms with Crippen molar-refractivity contribution in [2.45, 2.75) is 25.1 Å². The Morgan fingerprint density at radius 1 is 1.50 bits per heavy atom. The second-order valence-electron chi connectivity index (χ2n) is 4.94. The first-order chi connectivity index (χ1) is 9.72.